The molecule has 184 valence electrons. The molecule has 2 aliphatic rings. The van der Waals surface area contributed by atoms with Gasteiger partial charge in [-0.05, 0) is 95.3 Å². The molecule has 0 aromatic heterocycles. The van der Waals surface area contributed by atoms with Gasteiger partial charge in [0.2, 0.25) is 15.9 Å². The summed E-state index contributed by atoms with van der Waals surface area (Å²) in [7, 11) is -3.82. The Kier molecular flexibility index (Phi) is 6.86. The lowest BCUT2D eigenvalue weighted by Crippen LogP contribution is -2.59. The van der Waals surface area contributed by atoms with Gasteiger partial charge in [-0.15, -0.1) is 0 Å². The Morgan fingerprint density at radius 2 is 1.71 bits per heavy atom. The minimum Gasteiger partial charge on any atom is -0.325 e. The Balaban J connectivity index is 1.41. The number of carbonyl (C=O) groups is 1. The van der Waals surface area contributed by atoms with Gasteiger partial charge >= 0.3 is 0 Å². The Bertz CT molecular complexity index is 1140. The number of benzene rings is 2. The fourth-order valence-corrected chi connectivity index (χ4v) is 7.04. The highest BCUT2D eigenvalue weighted by atomic mass is 32.2. The smallest absolute Gasteiger partial charge is 0.243 e. The largest absolute Gasteiger partial charge is 0.325 e. The first-order valence-corrected chi connectivity index (χ1v) is 13.3. The molecular formula is C26H34FN3O3S. The van der Waals surface area contributed by atoms with Gasteiger partial charge in [-0.3, -0.25) is 9.69 Å². The van der Waals surface area contributed by atoms with Crippen LogP contribution in [-0.2, 0) is 14.8 Å². The first-order chi connectivity index (χ1) is 16.0. The maximum absolute atomic E-state index is 13.8. The summed E-state index contributed by atoms with van der Waals surface area (Å²) in [6.07, 6.45) is 3.35. The van der Waals surface area contributed by atoms with E-state index in [4.69, 9.17) is 0 Å². The van der Waals surface area contributed by atoms with E-state index >= 15 is 0 Å². The number of piperidine rings is 2. The van der Waals surface area contributed by atoms with Crippen LogP contribution in [0.5, 0.6) is 0 Å². The van der Waals surface area contributed by atoms with Crippen LogP contribution in [0.3, 0.4) is 0 Å². The average Bonchev–Trinajstić information content (AvgIpc) is 2.79. The summed E-state index contributed by atoms with van der Waals surface area (Å²) >= 11 is 0. The molecule has 6 nitrogen and oxygen atoms in total. The highest BCUT2D eigenvalue weighted by Crippen LogP contribution is 2.46. The summed E-state index contributed by atoms with van der Waals surface area (Å²) in [5, 5.41) is 2.95. The lowest BCUT2D eigenvalue weighted by Gasteiger charge is -2.53. The first-order valence-electron chi connectivity index (χ1n) is 11.9. The van der Waals surface area contributed by atoms with Crippen LogP contribution in [0.25, 0.3) is 0 Å². The summed E-state index contributed by atoms with van der Waals surface area (Å²) < 4.78 is 42.3. The normalized spacial score (nSPS) is 20.8. The molecule has 34 heavy (non-hydrogen) atoms. The molecule has 2 fully saturated rings. The van der Waals surface area contributed by atoms with Crippen LogP contribution in [0.1, 0.15) is 45.1 Å². The van der Waals surface area contributed by atoms with Crippen LogP contribution in [0.4, 0.5) is 10.1 Å². The Morgan fingerprint density at radius 1 is 1.03 bits per heavy atom. The van der Waals surface area contributed by atoms with E-state index in [2.05, 4.69) is 10.2 Å². The quantitative estimate of drug-likeness (QED) is 0.678. The number of aryl methyl sites for hydroxylation is 1. The Morgan fingerprint density at radius 3 is 2.35 bits per heavy atom. The molecule has 4 rings (SSSR count). The van der Waals surface area contributed by atoms with Crippen LogP contribution in [0, 0.1) is 18.2 Å². The standard InChI is InChI=1S/C26H34FN3O3S/c1-20-7-9-22(10-8-20)28-24(31)18-29-15-13-26(14-16-29)12-11-25(2,3)30(19-26)34(32,33)23-6-4-5-21(27)17-23/h4-10,17H,11-16,18-19H2,1-3H3,(H,28,31). The molecule has 8 heteroatoms. The highest BCUT2D eigenvalue weighted by Gasteiger charge is 2.49. The Hall–Kier alpha value is -2.29. The van der Waals surface area contributed by atoms with Gasteiger partial charge in [0.15, 0.2) is 0 Å². The van der Waals surface area contributed by atoms with E-state index in [1.807, 2.05) is 45.0 Å². The van der Waals surface area contributed by atoms with Crippen molar-refractivity contribution in [3.63, 3.8) is 0 Å². The van der Waals surface area contributed by atoms with E-state index in [-0.39, 0.29) is 16.2 Å². The van der Waals surface area contributed by atoms with Crippen LogP contribution in [0.15, 0.2) is 53.4 Å². The SMILES string of the molecule is Cc1ccc(NC(=O)CN2CCC3(CC2)CCC(C)(C)N(S(=O)(=O)c2cccc(F)c2)C3)cc1. The minimum atomic E-state index is -3.82. The lowest BCUT2D eigenvalue weighted by atomic mass is 9.69. The number of halogens is 1. The third-order valence-corrected chi connectivity index (χ3v) is 9.48. The van der Waals surface area contributed by atoms with E-state index in [1.54, 1.807) is 4.31 Å². The van der Waals surface area contributed by atoms with Crippen LogP contribution < -0.4 is 5.32 Å². The number of amides is 1. The van der Waals surface area contributed by atoms with Crippen LogP contribution >= 0.6 is 0 Å². The summed E-state index contributed by atoms with van der Waals surface area (Å²) in [5.74, 6) is -0.595. The molecule has 2 saturated heterocycles. The predicted octanol–water partition coefficient (Wildman–Crippen LogP) is 4.42. The van der Waals surface area contributed by atoms with E-state index in [0.717, 1.165) is 56.1 Å². The average molecular weight is 488 g/mol. The molecule has 0 saturated carbocycles. The molecule has 0 atom stereocenters. The van der Waals surface area contributed by atoms with Crippen molar-refractivity contribution >= 4 is 21.6 Å². The van der Waals surface area contributed by atoms with Gasteiger partial charge in [0.1, 0.15) is 5.82 Å². The number of rotatable bonds is 5. The number of hydrogen-bond acceptors (Lipinski definition) is 4. The molecule has 0 bridgehead atoms. The zero-order chi connectivity index (χ0) is 24.6. The van der Waals surface area contributed by atoms with Gasteiger partial charge in [-0.25, -0.2) is 12.8 Å². The monoisotopic (exact) mass is 487 g/mol. The third kappa shape index (κ3) is 5.34. The van der Waals surface area contributed by atoms with Gasteiger partial charge in [-0.1, -0.05) is 23.8 Å². The molecule has 2 aromatic carbocycles. The highest BCUT2D eigenvalue weighted by molar-refractivity contribution is 7.89. The van der Waals surface area contributed by atoms with E-state index < -0.39 is 21.4 Å². The zero-order valence-electron chi connectivity index (χ0n) is 20.2. The molecule has 2 aromatic rings. The molecule has 2 heterocycles. The van der Waals surface area contributed by atoms with Gasteiger partial charge in [0.05, 0.1) is 11.4 Å². The summed E-state index contributed by atoms with van der Waals surface area (Å²) in [6, 6.07) is 13.0. The molecule has 1 spiro atoms. The predicted molar refractivity (Wildman–Crippen MR) is 132 cm³/mol. The van der Waals surface area contributed by atoms with E-state index in [1.165, 1.54) is 18.2 Å². The second kappa shape index (κ2) is 9.40. The van der Waals surface area contributed by atoms with Crippen molar-refractivity contribution in [2.45, 2.75) is 56.9 Å². The molecule has 2 aliphatic heterocycles. The lowest BCUT2D eigenvalue weighted by molar-refractivity contribution is -0.118. The number of sulfonamides is 1. The Labute approximate surface area is 202 Å². The van der Waals surface area contributed by atoms with Crippen molar-refractivity contribution < 1.29 is 17.6 Å². The molecule has 1 amide bonds. The van der Waals surface area contributed by atoms with E-state index in [0.29, 0.717) is 13.1 Å². The molecule has 0 radical (unpaired) electrons. The number of nitrogens with zero attached hydrogens (tertiary/aromatic N) is 2. The number of hydrogen-bond donors (Lipinski definition) is 1. The van der Waals surface area contributed by atoms with Gasteiger partial charge in [0, 0.05) is 17.8 Å². The first kappa shape index (κ1) is 24.8. The van der Waals surface area contributed by atoms with Crippen molar-refractivity contribution in [1.82, 2.24) is 9.21 Å². The summed E-state index contributed by atoms with van der Waals surface area (Å²) in [5.41, 5.74) is 1.27. The van der Waals surface area contributed by atoms with Gasteiger partial charge < -0.3 is 5.32 Å². The fraction of sp³-hybridized carbons (Fsp3) is 0.500. The summed E-state index contributed by atoms with van der Waals surface area (Å²) in [6.45, 7) is 8.13. The topological polar surface area (TPSA) is 69.7 Å². The number of likely N-dealkylation sites (tertiary alicyclic amines) is 1. The maximum Gasteiger partial charge on any atom is 0.243 e. The number of anilines is 1. The van der Waals surface area contributed by atoms with Crippen molar-refractivity contribution in [2.75, 3.05) is 31.5 Å². The van der Waals surface area contributed by atoms with Crippen LogP contribution in [0.2, 0.25) is 0 Å². The van der Waals surface area contributed by atoms with Gasteiger partial charge in [-0.2, -0.15) is 4.31 Å². The zero-order valence-corrected chi connectivity index (χ0v) is 21.0. The maximum atomic E-state index is 13.8. The fourth-order valence-electron chi connectivity index (χ4n) is 5.09. The van der Waals surface area contributed by atoms with Crippen molar-refractivity contribution in [2.24, 2.45) is 5.41 Å². The van der Waals surface area contributed by atoms with E-state index in [9.17, 15) is 17.6 Å². The van der Waals surface area contributed by atoms with Crippen molar-refractivity contribution in [3.05, 3.63) is 59.9 Å². The molecular weight excluding hydrogens is 453 g/mol. The molecule has 1 N–H and O–H groups in total. The second-order valence-corrected chi connectivity index (χ2v) is 12.3. The minimum absolute atomic E-state index is 0.00263. The summed E-state index contributed by atoms with van der Waals surface area (Å²) in [4.78, 5) is 14.7. The third-order valence-electron chi connectivity index (χ3n) is 7.42. The number of carbonyl (C=O) groups excluding carboxylic acids is 1. The molecule has 0 unspecified atom stereocenters. The van der Waals surface area contributed by atoms with Crippen molar-refractivity contribution in [3.8, 4) is 0 Å². The van der Waals surface area contributed by atoms with Crippen LogP contribution in [-0.4, -0.2) is 55.2 Å². The van der Waals surface area contributed by atoms with Crippen molar-refractivity contribution in [1.29, 1.82) is 0 Å². The second-order valence-electron chi connectivity index (χ2n) is 10.5. The molecule has 0 aliphatic carbocycles. The van der Waals surface area contributed by atoms with Gasteiger partial charge in [0.25, 0.3) is 0 Å². The number of nitrogens with one attached hydrogen (secondary N) is 1.